The van der Waals surface area contributed by atoms with Gasteiger partial charge in [-0.05, 0) is 6.92 Å². The summed E-state index contributed by atoms with van der Waals surface area (Å²) in [5.74, 6) is 0. The molecule has 0 aliphatic carbocycles. The molecule has 0 N–H and O–H groups in total. The quantitative estimate of drug-likeness (QED) is 0.733. The molecule has 0 aromatic carbocycles. The molecule has 2 heterocycles. The van der Waals surface area contributed by atoms with Gasteiger partial charge in [-0.3, -0.25) is 0 Å². The van der Waals surface area contributed by atoms with Crippen LogP contribution in [0, 0.1) is 5.41 Å². The van der Waals surface area contributed by atoms with Crippen LogP contribution in [0.4, 0.5) is 0 Å². The minimum absolute atomic E-state index is 0.201. The summed E-state index contributed by atoms with van der Waals surface area (Å²) in [4.78, 5) is 0. The molecule has 6 nitrogen and oxygen atoms in total. The molecule has 0 amide bonds. The molecule has 0 radical (unpaired) electrons. The maximum Gasteiger partial charge on any atom is 0.332 e. The minimum Gasteiger partial charge on any atom is -0.316 e. The van der Waals surface area contributed by atoms with Crippen molar-refractivity contribution in [3.8, 4) is 0 Å². The van der Waals surface area contributed by atoms with Crippen LogP contribution in [-0.4, -0.2) is 40.1 Å². The van der Waals surface area contributed by atoms with Gasteiger partial charge in [-0.25, -0.2) is 0 Å². The average molecular weight is 270 g/mol. The second kappa shape index (κ2) is 5.98. The third-order valence-electron chi connectivity index (χ3n) is 2.29. The van der Waals surface area contributed by atoms with Crippen molar-refractivity contribution < 1.29 is 27.1 Å². The van der Waals surface area contributed by atoms with Crippen molar-refractivity contribution >= 4 is 17.2 Å². The number of rotatable bonds is 3. The van der Waals surface area contributed by atoms with Crippen molar-refractivity contribution in [1.82, 2.24) is 0 Å². The van der Waals surface area contributed by atoms with E-state index in [1.807, 2.05) is 6.92 Å². The zero-order valence-corrected chi connectivity index (χ0v) is 11.2. The fourth-order valence-corrected chi connectivity index (χ4v) is 3.61. The Morgan fingerprint density at radius 2 is 1.50 bits per heavy atom. The maximum absolute atomic E-state index is 5.51. The topological polar surface area (TPSA) is 55.4 Å². The van der Waals surface area contributed by atoms with Crippen LogP contribution < -0.4 is 0 Å². The molecule has 16 heavy (non-hydrogen) atoms. The molecular weight excluding hydrogens is 254 g/mol. The highest BCUT2D eigenvalue weighted by Crippen LogP contribution is 2.52. The second-order valence-corrected chi connectivity index (χ2v) is 6.19. The van der Waals surface area contributed by atoms with Crippen LogP contribution in [0.25, 0.3) is 0 Å². The third-order valence-corrected chi connectivity index (χ3v) is 4.41. The molecule has 0 aromatic rings. The van der Waals surface area contributed by atoms with Gasteiger partial charge >= 0.3 is 17.2 Å². The van der Waals surface area contributed by atoms with E-state index >= 15 is 0 Å². The average Bonchev–Trinajstić information content (AvgIpc) is 2.34. The summed E-state index contributed by atoms with van der Waals surface area (Å²) < 4.78 is 32.2. The molecule has 2 aliphatic rings. The van der Waals surface area contributed by atoms with Crippen molar-refractivity contribution in [3.63, 3.8) is 0 Å². The summed E-state index contributed by atoms with van der Waals surface area (Å²) in [6.07, 6.45) is 0. The van der Waals surface area contributed by atoms with Gasteiger partial charge in [0.05, 0.1) is 38.4 Å². The van der Waals surface area contributed by atoms with Gasteiger partial charge in [0, 0.05) is 7.11 Å². The van der Waals surface area contributed by atoms with Crippen LogP contribution in [0.15, 0.2) is 0 Å². The molecule has 8 heteroatoms. The fraction of sp³-hybridized carbons (Fsp3) is 1.00. The van der Waals surface area contributed by atoms with Gasteiger partial charge in [0.25, 0.3) is 0 Å². The Kier molecular flexibility index (Phi) is 4.89. The first-order valence-corrected chi connectivity index (χ1v) is 7.26. The van der Waals surface area contributed by atoms with Gasteiger partial charge < -0.3 is 27.1 Å². The highest BCUT2D eigenvalue weighted by Gasteiger charge is 2.43. The summed E-state index contributed by atoms with van der Waals surface area (Å²) in [5.41, 5.74) is -0.201. The lowest BCUT2D eigenvalue weighted by molar-refractivity contribution is -0.0741. The zero-order chi connectivity index (χ0) is 11.4. The Hall–Kier alpha value is 0.620. The molecule has 2 fully saturated rings. The minimum atomic E-state index is -1.18. The summed E-state index contributed by atoms with van der Waals surface area (Å²) in [6, 6.07) is 0. The van der Waals surface area contributed by atoms with E-state index in [-0.39, 0.29) is 5.41 Å². The van der Waals surface area contributed by atoms with Gasteiger partial charge in [-0.15, -0.1) is 0 Å². The highest BCUT2D eigenvalue weighted by atomic mass is 31.2. The second-order valence-electron chi connectivity index (χ2n) is 3.64. The van der Waals surface area contributed by atoms with Gasteiger partial charge in [0.2, 0.25) is 0 Å². The third kappa shape index (κ3) is 3.09. The molecule has 94 valence electrons. The molecule has 1 spiro atoms. The lowest BCUT2D eigenvalue weighted by atomic mass is 9.93. The predicted octanol–water partition coefficient (Wildman–Crippen LogP) is 2.20. The molecular formula is C8H16O6P2. The van der Waals surface area contributed by atoms with Gasteiger partial charge in [-0.1, -0.05) is 0 Å². The molecule has 2 saturated heterocycles. The van der Waals surface area contributed by atoms with E-state index in [9.17, 15) is 0 Å². The van der Waals surface area contributed by atoms with E-state index in [0.717, 1.165) is 0 Å². The van der Waals surface area contributed by atoms with Crippen LogP contribution in [0.2, 0.25) is 0 Å². The van der Waals surface area contributed by atoms with E-state index in [1.54, 1.807) is 7.11 Å². The monoisotopic (exact) mass is 270 g/mol. The van der Waals surface area contributed by atoms with Gasteiger partial charge in [-0.2, -0.15) is 0 Å². The van der Waals surface area contributed by atoms with E-state index in [2.05, 4.69) is 0 Å². The first-order valence-electron chi connectivity index (χ1n) is 5.07. The Morgan fingerprint density at radius 3 is 1.94 bits per heavy atom. The molecule has 2 rings (SSSR count). The van der Waals surface area contributed by atoms with Gasteiger partial charge in [0.1, 0.15) is 0 Å². The summed E-state index contributed by atoms with van der Waals surface area (Å²) in [7, 11) is -0.774. The van der Waals surface area contributed by atoms with Crippen molar-refractivity contribution in [2.45, 2.75) is 6.92 Å². The summed E-state index contributed by atoms with van der Waals surface area (Å²) >= 11 is 0. The Bertz CT molecular complexity index is 211. The first-order chi connectivity index (χ1) is 7.78. The SMILES string of the molecule is CCOP1OCC2(COP(OC)OC2)CO1. The van der Waals surface area contributed by atoms with Crippen LogP contribution in [-0.2, 0) is 27.1 Å². The largest absolute Gasteiger partial charge is 0.332 e. The van der Waals surface area contributed by atoms with Crippen LogP contribution in [0.5, 0.6) is 0 Å². The lowest BCUT2D eigenvalue weighted by Gasteiger charge is -2.41. The smallest absolute Gasteiger partial charge is 0.316 e. The first kappa shape index (κ1) is 13.1. The lowest BCUT2D eigenvalue weighted by Crippen LogP contribution is -2.44. The molecule has 0 unspecified atom stereocenters. The zero-order valence-electron chi connectivity index (χ0n) is 9.38. The van der Waals surface area contributed by atoms with Crippen LogP contribution >= 0.6 is 17.2 Å². The Balaban J connectivity index is 1.79. The normalized spacial score (nSPS) is 40.1. The van der Waals surface area contributed by atoms with Crippen molar-refractivity contribution in [3.05, 3.63) is 0 Å². The van der Waals surface area contributed by atoms with Crippen molar-refractivity contribution in [2.75, 3.05) is 40.1 Å². The van der Waals surface area contributed by atoms with E-state index in [1.165, 1.54) is 0 Å². The standard InChI is InChI=1S/C8H16O6P2/c1-3-10-16-13-6-8(7-14-16)4-11-15(9-2)12-5-8/h3-7H2,1-2H3. The van der Waals surface area contributed by atoms with E-state index in [4.69, 9.17) is 27.1 Å². The molecule has 0 saturated carbocycles. The van der Waals surface area contributed by atoms with Crippen molar-refractivity contribution in [1.29, 1.82) is 0 Å². The van der Waals surface area contributed by atoms with E-state index in [0.29, 0.717) is 33.0 Å². The predicted molar refractivity (Wildman–Crippen MR) is 58.7 cm³/mol. The molecule has 0 bridgehead atoms. The number of hydrogen-bond acceptors (Lipinski definition) is 6. The van der Waals surface area contributed by atoms with Crippen LogP contribution in [0.1, 0.15) is 6.92 Å². The van der Waals surface area contributed by atoms with E-state index < -0.39 is 17.2 Å². The Morgan fingerprint density at radius 1 is 1.00 bits per heavy atom. The van der Waals surface area contributed by atoms with Crippen LogP contribution in [0.3, 0.4) is 0 Å². The van der Waals surface area contributed by atoms with Gasteiger partial charge in [0.15, 0.2) is 0 Å². The highest BCUT2D eigenvalue weighted by molar-refractivity contribution is 7.42. The molecule has 0 atom stereocenters. The van der Waals surface area contributed by atoms with Crippen molar-refractivity contribution in [2.24, 2.45) is 5.41 Å². The molecule has 0 aromatic heterocycles. The molecule has 2 aliphatic heterocycles. The summed E-state index contributed by atoms with van der Waals surface area (Å²) in [5, 5.41) is 0. The maximum atomic E-state index is 5.51. The Labute approximate surface area is 97.5 Å². The summed E-state index contributed by atoms with van der Waals surface area (Å²) in [6.45, 7) is 4.69. The fourth-order valence-electron chi connectivity index (χ4n) is 1.37. The number of hydrogen-bond donors (Lipinski definition) is 0.